The van der Waals surface area contributed by atoms with E-state index in [0.29, 0.717) is 24.1 Å². The number of rotatable bonds is 4. The lowest BCUT2D eigenvalue weighted by Gasteiger charge is -2.35. The van der Waals surface area contributed by atoms with E-state index in [0.717, 1.165) is 5.56 Å². The molecule has 0 aromatic heterocycles. The Morgan fingerprint density at radius 2 is 2.12 bits per heavy atom. The van der Waals surface area contributed by atoms with Crippen molar-refractivity contribution in [3.63, 3.8) is 0 Å². The van der Waals surface area contributed by atoms with Gasteiger partial charge in [-0.25, -0.2) is 9.79 Å². The molecule has 1 aromatic carbocycles. The summed E-state index contributed by atoms with van der Waals surface area (Å²) in [5, 5.41) is 6.14. The Bertz CT molecular complexity index is 720. The Morgan fingerprint density at radius 3 is 2.83 bits per heavy atom. The van der Waals surface area contributed by atoms with E-state index in [9.17, 15) is 9.59 Å². The Balaban J connectivity index is 1.96. The number of halogens is 1. The van der Waals surface area contributed by atoms with Gasteiger partial charge >= 0.3 is 6.03 Å². The maximum absolute atomic E-state index is 12.4. The number of hydrogen-bond acceptors (Lipinski definition) is 3. The fourth-order valence-electron chi connectivity index (χ4n) is 2.85. The number of fused-ring (bicyclic) bond motifs is 1. The Morgan fingerprint density at radius 1 is 1.38 bits per heavy atom. The van der Waals surface area contributed by atoms with E-state index in [1.807, 2.05) is 23.1 Å². The van der Waals surface area contributed by atoms with Gasteiger partial charge in [0.2, 0.25) is 0 Å². The number of carbonyl (C=O) groups is 2. The fraction of sp³-hybridized carbons (Fsp3) is 0.312. The smallest absolute Gasteiger partial charge is 0.325 e. The van der Waals surface area contributed by atoms with E-state index in [-0.39, 0.29) is 5.91 Å². The lowest BCUT2D eigenvalue weighted by Crippen LogP contribution is -2.64. The molecule has 126 valence electrons. The molecule has 2 aliphatic rings. The normalized spacial score (nSPS) is 24.7. The van der Waals surface area contributed by atoms with Crippen LogP contribution in [0, 0.1) is 0 Å². The van der Waals surface area contributed by atoms with Crippen LogP contribution in [0.4, 0.5) is 4.79 Å². The van der Waals surface area contributed by atoms with Crippen LogP contribution >= 0.6 is 11.6 Å². The van der Waals surface area contributed by atoms with Crippen molar-refractivity contribution < 1.29 is 9.59 Å². The number of urea groups is 1. The Kier molecular flexibility index (Phi) is 4.44. The first-order valence-corrected chi connectivity index (χ1v) is 7.90. The van der Waals surface area contributed by atoms with Gasteiger partial charge in [0.15, 0.2) is 12.0 Å². The van der Waals surface area contributed by atoms with Crippen molar-refractivity contribution in [2.45, 2.75) is 18.8 Å². The molecule has 0 spiro atoms. The Hall–Kier alpha value is -2.54. The van der Waals surface area contributed by atoms with Crippen molar-refractivity contribution in [3.8, 4) is 0 Å². The first-order valence-electron chi connectivity index (χ1n) is 7.52. The predicted octanol–water partition coefficient (Wildman–Crippen LogP) is 1.16. The van der Waals surface area contributed by atoms with Crippen LogP contribution in [0.25, 0.3) is 0 Å². The van der Waals surface area contributed by atoms with Gasteiger partial charge in [-0.3, -0.25) is 10.1 Å². The summed E-state index contributed by atoms with van der Waals surface area (Å²) in [5.41, 5.74) is 0.875. The number of aliphatic imine (C=N–C) groups is 1. The van der Waals surface area contributed by atoms with E-state index in [2.05, 4.69) is 22.2 Å². The number of nitrogens with one attached hydrogen (secondary N) is 2. The SMILES string of the molecule is C=CCN=C1NC2C(C(=O)NC(=O)N2C)N1Cc1ccccc1Cl. The maximum atomic E-state index is 12.4. The maximum Gasteiger partial charge on any atom is 0.325 e. The van der Waals surface area contributed by atoms with Crippen LogP contribution in [0.15, 0.2) is 41.9 Å². The summed E-state index contributed by atoms with van der Waals surface area (Å²) in [5.74, 6) is 0.188. The van der Waals surface area contributed by atoms with Crippen molar-refractivity contribution in [3.05, 3.63) is 47.5 Å². The van der Waals surface area contributed by atoms with Gasteiger partial charge in [-0.15, -0.1) is 6.58 Å². The van der Waals surface area contributed by atoms with Gasteiger partial charge in [0, 0.05) is 18.6 Å². The zero-order valence-corrected chi connectivity index (χ0v) is 14.0. The van der Waals surface area contributed by atoms with Crippen LogP contribution in [0.2, 0.25) is 5.02 Å². The standard InChI is InChI=1S/C16H18ClN5O2/c1-3-8-18-15-19-13-12(14(23)20-16(24)21(13)2)22(15)9-10-6-4-5-7-11(10)17/h3-7,12-13H,1,8-9H2,2H3,(H,18,19)(H,20,23,24). The Labute approximate surface area is 145 Å². The lowest BCUT2D eigenvalue weighted by molar-refractivity contribution is -0.127. The third kappa shape index (κ3) is 2.82. The molecule has 1 aromatic rings. The quantitative estimate of drug-likeness (QED) is 0.801. The van der Waals surface area contributed by atoms with Gasteiger partial charge in [0.1, 0.15) is 6.17 Å². The predicted molar refractivity (Wildman–Crippen MR) is 91.5 cm³/mol. The van der Waals surface area contributed by atoms with Gasteiger partial charge in [0.05, 0.1) is 6.54 Å². The number of likely N-dealkylation sites (N-methyl/N-ethyl adjacent to an activating group) is 1. The average molecular weight is 348 g/mol. The monoisotopic (exact) mass is 347 g/mol. The number of imide groups is 1. The summed E-state index contributed by atoms with van der Waals surface area (Å²) in [6, 6.07) is 6.43. The molecule has 0 saturated carbocycles. The molecule has 3 rings (SSSR count). The third-order valence-electron chi connectivity index (χ3n) is 4.09. The largest absolute Gasteiger partial charge is 0.333 e. The van der Waals surface area contributed by atoms with E-state index in [1.54, 1.807) is 19.2 Å². The molecular weight excluding hydrogens is 330 g/mol. The van der Waals surface area contributed by atoms with Crippen LogP contribution < -0.4 is 10.6 Å². The molecule has 2 saturated heterocycles. The highest BCUT2D eigenvalue weighted by molar-refractivity contribution is 6.31. The summed E-state index contributed by atoms with van der Waals surface area (Å²) in [6.07, 6.45) is 1.19. The molecule has 24 heavy (non-hydrogen) atoms. The first-order chi connectivity index (χ1) is 11.5. The molecule has 2 fully saturated rings. The highest BCUT2D eigenvalue weighted by atomic mass is 35.5. The number of nitrogens with zero attached hydrogens (tertiary/aromatic N) is 3. The van der Waals surface area contributed by atoms with Gasteiger partial charge in [0.25, 0.3) is 5.91 Å². The fourth-order valence-corrected chi connectivity index (χ4v) is 3.05. The third-order valence-corrected chi connectivity index (χ3v) is 4.46. The van der Waals surface area contributed by atoms with Gasteiger partial charge in [-0.05, 0) is 11.6 Å². The van der Waals surface area contributed by atoms with E-state index in [4.69, 9.17) is 11.6 Å². The summed E-state index contributed by atoms with van der Waals surface area (Å²) in [6.45, 7) is 4.46. The summed E-state index contributed by atoms with van der Waals surface area (Å²) >= 11 is 6.25. The minimum absolute atomic E-state index is 0.355. The summed E-state index contributed by atoms with van der Waals surface area (Å²) in [7, 11) is 1.64. The second kappa shape index (κ2) is 6.52. The van der Waals surface area contributed by atoms with Crippen molar-refractivity contribution in [2.24, 2.45) is 4.99 Å². The van der Waals surface area contributed by atoms with Crippen molar-refractivity contribution in [1.29, 1.82) is 0 Å². The second-order valence-electron chi connectivity index (χ2n) is 5.61. The number of hydrogen-bond donors (Lipinski definition) is 2. The summed E-state index contributed by atoms with van der Waals surface area (Å²) < 4.78 is 0. The number of guanidine groups is 1. The van der Waals surface area contributed by atoms with Crippen molar-refractivity contribution in [2.75, 3.05) is 13.6 Å². The molecule has 0 radical (unpaired) electrons. The zero-order valence-electron chi connectivity index (χ0n) is 13.2. The van der Waals surface area contributed by atoms with Gasteiger partial charge in [-0.2, -0.15) is 0 Å². The number of benzene rings is 1. The molecular formula is C16H18ClN5O2. The molecule has 8 heteroatoms. The lowest BCUT2D eigenvalue weighted by atomic mass is 10.1. The molecule has 0 aliphatic carbocycles. The second-order valence-corrected chi connectivity index (χ2v) is 6.02. The van der Waals surface area contributed by atoms with Crippen LogP contribution in [-0.4, -0.2) is 53.5 Å². The molecule has 2 heterocycles. The summed E-state index contributed by atoms with van der Waals surface area (Å²) in [4.78, 5) is 31.9. The molecule has 2 atom stereocenters. The molecule has 0 bridgehead atoms. The van der Waals surface area contributed by atoms with Crippen LogP contribution in [0.5, 0.6) is 0 Å². The van der Waals surface area contributed by atoms with E-state index < -0.39 is 18.2 Å². The van der Waals surface area contributed by atoms with Crippen LogP contribution in [-0.2, 0) is 11.3 Å². The van der Waals surface area contributed by atoms with Gasteiger partial charge in [-0.1, -0.05) is 35.9 Å². The molecule has 2 N–H and O–H groups in total. The molecule has 2 aliphatic heterocycles. The van der Waals surface area contributed by atoms with E-state index >= 15 is 0 Å². The van der Waals surface area contributed by atoms with E-state index in [1.165, 1.54) is 4.90 Å². The minimum atomic E-state index is -0.576. The van der Waals surface area contributed by atoms with Crippen LogP contribution in [0.1, 0.15) is 5.56 Å². The van der Waals surface area contributed by atoms with Crippen LogP contribution in [0.3, 0.4) is 0 Å². The van der Waals surface area contributed by atoms with Gasteiger partial charge < -0.3 is 15.1 Å². The highest BCUT2D eigenvalue weighted by Gasteiger charge is 2.49. The molecule has 2 unspecified atom stereocenters. The number of carbonyl (C=O) groups excluding carboxylic acids is 2. The topological polar surface area (TPSA) is 77.0 Å². The number of amides is 3. The van der Waals surface area contributed by atoms with Crippen molar-refractivity contribution in [1.82, 2.24) is 20.4 Å². The average Bonchev–Trinajstić information content (AvgIpc) is 2.92. The van der Waals surface area contributed by atoms with Crippen molar-refractivity contribution >= 4 is 29.5 Å². The molecule has 7 nitrogen and oxygen atoms in total. The minimum Gasteiger partial charge on any atom is -0.333 e. The zero-order chi connectivity index (χ0) is 17.3. The highest BCUT2D eigenvalue weighted by Crippen LogP contribution is 2.25. The first kappa shape index (κ1) is 16.3. The molecule has 3 amide bonds.